The molecule has 1 aromatic heterocycles. The zero-order valence-corrected chi connectivity index (χ0v) is 8.01. The van der Waals surface area contributed by atoms with Gasteiger partial charge in [-0.05, 0) is 6.92 Å². The number of anilines is 1. The Morgan fingerprint density at radius 1 is 1.53 bits per heavy atom. The number of halogens is 3. The van der Waals surface area contributed by atoms with E-state index in [9.17, 15) is 18.0 Å². The van der Waals surface area contributed by atoms with Crippen LogP contribution in [0, 0.1) is 0 Å². The maximum atomic E-state index is 12.1. The van der Waals surface area contributed by atoms with Gasteiger partial charge in [-0.15, -0.1) is 0 Å². The summed E-state index contributed by atoms with van der Waals surface area (Å²) >= 11 is 0. The van der Waals surface area contributed by atoms with Crippen LogP contribution in [0.4, 0.5) is 19.0 Å². The van der Waals surface area contributed by atoms with Crippen molar-refractivity contribution in [3.8, 4) is 0 Å². The van der Waals surface area contributed by atoms with Crippen LogP contribution in [0.25, 0.3) is 0 Å². The molecular formula is C8H10F3N3O. The minimum absolute atomic E-state index is 0.0265. The van der Waals surface area contributed by atoms with Gasteiger partial charge in [0.1, 0.15) is 12.4 Å². The molecule has 7 heteroatoms. The fourth-order valence-corrected chi connectivity index (χ4v) is 1.10. The molecule has 4 nitrogen and oxygen atoms in total. The van der Waals surface area contributed by atoms with E-state index in [2.05, 4.69) is 9.97 Å². The summed E-state index contributed by atoms with van der Waals surface area (Å²) in [6.07, 6.45) is -3.23. The molecule has 0 atom stereocenters. The second kappa shape index (κ2) is 4.33. The lowest BCUT2D eigenvalue weighted by Crippen LogP contribution is -2.35. The highest BCUT2D eigenvalue weighted by Crippen LogP contribution is 2.19. The van der Waals surface area contributed by atoms with Gasteiger partial charge in [-0.2, -0.15) is 13.2 Å². The molecule has 0 spiro atoms. The van der Waals surface area contributed by atoms with E-state index in [1.54, 1.807) is 6.92 Å². The minimum Gasteiger partial charge on any atom is -0.348 e. The van der Waals surface area contributed by atoms with Crippen LogP contribution in [0.3, 0.4) is 0 Å². The maximum Gasteiger partial charge on any atom is 0.405 e. The van der Waals surface area contributed by atoms with E-state index in [-0.39, 0.29) is 12.4 Å². The van der Waals surface area contributed by atoms with Gasteiger partial charge in [0.2, 0.25) is 0 Å². The molecule has 0 fully saturated rings. The van der Waals surface area contributed by atoms with Crippen LogP contribution in [0.15, 0.2) is 17.2 Å². The number of aromatic nitrogens is 2. The first-order valence-corrected chi connectivity index (χ1v) is 4.29. The largest absolute Gasteiger partial charge is 0.405 e. The monoisotopic (exact) mass is 221 g/mol. The first-order chi connectivity index (χ1) is 6.92. The summed E-state index contributed by atoms with van der Waals surface area (Å²) in [4.78, 5) is 17.8. The molecule has 0 amide bonds. The van der Waals surface area contributed by atoms with Gasteiger partial charge in [0.15, 0.2) is 0 Å². The standard InChI is InChI=1S/C8H10F3N3O/c1-2-14(4-8(9,10)11)6-3-7(15)13-5-12-6/h3,5H,2,4H2,1H3,(H,12,13,15). The fourth-order valence-electron chi connectivity index (χ4n) is 1.10. The van der Waals surface area contributed by atoms with Crippen molar-refractivity contribution in [2.75, 3.05) is 18.0 Å². The van der Waals surface area contributed by atoms with Crippen LogP contribution in [-0.4, -0.2) is 29.2 Å². The zero-order chi connectivity index (χ0) is 11.5. The fraction of sp³-hybridized carbons (Fsp3) is 0.500. The molecule has 0 unspecified atom stereocenters. The molecule has 1 aromatic rings. The summed E-state index contributed by atoms with van der Waals surface area (Å²) in [6.45, 7) is 0.588. The van der Waals surface area contributed by atoms with Gasteiger partial charge >= 0.3 is 6.18 Å². The summed E-state index contributed by atoms with van der Waals surface area (Å²) < 4.78 is 36.4. The van der Waals surface area contributed by atoms with Crippen molar-refractivity contribution < 1.29 is 13.2 Å². The van der Waals surface area contributed by atoms with Crippen LogP contribution in [0.2, 0.25) is 0 Å². The molecule has 0 radical (unpaired) electrons. The van der Waals surface area contributed by atoms with Crippen LogP contribution in [-0.2, 0) is 0 Å². The maximum absolute atomic E-state index is 12.1. The van der Waals surface area contributed by atoms with Crippen LogP contribution < -0.4 is 10.5 Å². The second-order valence-electron chi connectivity index (χ2n) is 2.90. The third-order valence-corrected chi connectivity index (χ3v) is 1.74. The summed E-state index contributed by atoms with van der Waals surface area (Å²) in [5.41, 5.74) is -0.472. The van der Waals surface area contributed by atoms with Gasteiger partial charge in [-0.25, -0.2) is 4.98 Å². The molecule has 0 aliphatic carbocycles. The topological polar surface area (TPSA) is 49.0 Å². The highest BCUT2D eigenvalue weighted by atomic mass is 19.4. The van der Waals surface area contributed by atoms with E-state index in [1.165, 1.54) is 0 Å². The van der Waals surface area contributed by atoms with Crippen molar-refractivity contribution >= 4 is 5.82 Å². The number of H-pyrrole nitrogens is 1. The molecule has 0 aliphatic rings. The van der Waals surface area contributed by atoms with Crippen molar-refractivity contribution in [1.82, 2.24) is 9.97 Å². The summed E-state index contributed by atoms with van der Waals surface area (Å²) in [5.74, 6) is 0.0265. The molecular weight excluding hydrogens is 211 g/mol. The molecule has 84 valence electrons. The van der Waals surface area contributed by atoms with E-state index in [0.29, 0.717) is 0 Å². The van der Waals surface area contributed by atoms with Gasteiger partial charge in [-0.3, -0.25) is 4.79 Å². The SMILES string of the molecule is CCN(CC(F)(F)F)c1cc(=O)[nH]cn1. The lowest BCUT2D eigenvalue weighted by Gasteiger charge is -2.22. The molecule has 15 heavy (non-hydrogen) atoms. The summed E-state index contributed by atoms with van der Waals surface area (Å²) in [5, 5.41) is 0. The minimum atomic E-state index is -4.31. The normalized spacial score (nSPS) is 11.5. The van der Waals surface area contributed by atoms with Crippen LogP contribution >= 0.6 is 0 Å². The zero-order valence-electron chi connectivity index (χ0n) is 8.01. The lowest BCUT2D eigenvalue weighted by atomic mass is 10.4. The van der Waals surface area contributed by atoms with Gasteiger partial charge < -0.3 is 9.88 Å². The number of nitrogens with zero attached hydrogens (tertiary/aromatic N) is 2. The summed E-state index contributed by atoms with van der Waals surface area (Å²) in [7, 11) is 0. The highest BCUT2D eigenvalue weighted by Gasteiger charge is 2.30. The van der Waals surface area contributed by atoms with Gasteiger partial charge in [0, 0.05) is 12.6 Å². The first kappa shape index (κ1) is 11.5. The Kier molecular flexibility index (Phi) is 3.33. The van der Waals surface area contributed by atoms with Gasteiger partial charge in [-0.1, -0.05) is 0 Å². The molecule has 0 aromatic carbocycles. The quantitative estimate of drug-likeness (QED) is 0.833. The third-order valence-electron chi connectivity index (χ3n) is 1.74. The average molecular weight is 221 g/mol. The smallest absolute Gasteiger partial charge is 0.348 e. The van der Waals surface area contributed by atoms with E-state index in [1.807, 2.05) is 0 Å². The second-order valence-corrected chi connectivity index (χ2v) is 2.90. The third kappa shape index (κ3) is 3.61. The van der Waals surface area contributed by atoms with Crippen molar-refractivity contribution in [3.63, 3.8) is 0 Å². The Morgan fingerprint density at radius 2 is 2.20 bits per heavy atom. The molecule has 1 heterocycles. The number of hydrogen-bond donors (Lipinski definition) is 1. The summed E-state index contributed by atoms with van der Waals surface area (Å²) in [6, 6.07) is 1.04. The van der Waals surface area contributed by atoms with E-state index in [0.717, 1.165) is 17.3 Å². The molecule has 0 saturated heterocycles. The van der Waals surface area contributed by atoms with Crippen molar-refractivity contribution in [3.05, 3.63) is 22.7 Å². The van der Waals surface area contributed by atoms with Crippen LogP contribution in [0.1, 0.15) is 6.92 Å². The average Bonchev–Trinajstić information content (AvgIpc) is 2.13. The molecule has 0 bridgehead atoms. The number of alkyl halides is 3. The van der Waals surface area contributed by atoms with Crippen molar-refractivity contribution in [2.45, 2.75) is 13.1 Å². The van der Waals surface area contributed by atoms with Crippen LogP contribution in [0.5, 0.6) is 0 Å². The van der Waals surface area contributed by atoms with E-state index < -0.39 is 18.3 Å². The number of hydrogen-bond acceptors (Lipinski definition) is 3. The molecule has 0 saturated carbocycles. The Balaban J connectivity index is 2.88. The predicted molar refractivity (Wildman–Crippen MR) is 48.8 cm³/mol. The van der Waals surface area contributed by atoms with Gasteiger partial charge in [0.05, 0.1) is 6.33 Å². The highest BCUT2D eigenvalue weighted by molar-refractivity contribution is 5.36. The number of aromatic amines is 1. The molecule has 0 aliphatic heterocycles. The van der Waals surface area contributed by atoms with Gasteiger partial charge in [0.25, 0.3) is 5.56 Å². The van der Waals surface area contributed by atoms with E-state index >= 15 is 0 Å². The Labute approximate surface area is 83.7 Å². The Bertz CT molecular complexity index is 374. The Hall–Kier alpha value is -1.53. The number of nitrogens with one attached hydrogen (secondary N) is 1. The predicted octanol–water partition coefficient (Wildman–Crippen LogP) is 1.16. The number of rotatable bonds is 3. The molecule has 1 N–H and O–H groups in total. The van der Waals surface area contributed by atoms with Crippen molar-refractivity contribution in [2.24, 2.45) is 0 Å². The lowest BCUT2D eigenvalue weighted by molar-refractivity contribution is -0.119. The first-order valence-electron chi connectivity index (χ1n) is 4.29. The molecule has 1 rings (SSSR count). The Morgan fingerprint density at radius 3 is 2.67 bits per heavy atom. The van der Waals surface area contributed by atoms with Crippen molar-refractivity contribution in [1.29, 1.82) is 0 Å². The van der Waals surface area contributed by atoms with E-state index in [4.69, 9.17) is 0 Å².